The Bertz CT molecular complexity index is 511. The number of nitrogens with two attached hydrogens (primary N) is 1. The molecule has 1 saturated heterocycles. The van der Waals surface area contributed by atoms with Gasteiger partial charge >= 0.3 is 0 Å². The van der Waals surface area contributed by atoms with Crippen LogP contribution < -0.4 is 5.73 Å². The van der Waals surface area contributed by atoms with E-state index in [1.165, 1.54) is 0 Å². The molecule has 122 valence electrons. The first kappa shape index (κ1) is 17.5. The monoisotopic (exact) mass is 344 g/mol. The molecule has 1 heterocycles. The quantitative estimate of drug-likeness (QED) is 0.804. The largest absolute Gasteiger partial charge is 0.370 e. The number of hydrogen-bond acceptors (Lipinski definition) is 3. The van der Waals surface area contributed by atoms with E-state index in [-0.39, 0.29) is 12.0 Å². The molecule has 4 nitrogen and oxygen atoms in total. The fourth-order valence-electron chi connectivity index (χ4n) is 2.55. The van der Waals surface area contributed by atoms with Crippen molar-refractivity contribution in [3.8, 4) is 0 Å². The van der Waals surface area contributed by atoms with Crippen LogP contribution in [0.25, 0.3) is 0 Å². The van der Waals surface area contributed by atoms with Crippen molar-refractivity contribution in [2.24, 2.45) is 5.73 Å². The first-order chi connectivity index (χ1) is 10.6. The Balaban J connectivity index is 1.90. The zero-order valence-corrected chi connectivity index (χ0v) is 14.1. The summed E-state index contributed by atoms with van der Waals surface area (Å²) in [4.78, 5) is 14.1. The Labute approximate surface area is 141 Å². The Hall–Kier alpha value is -0.810. The number of carbonyl (C=O) groups excluding carboxylic acids is 1. The molecule has 22 heavy (non-hydrogen) atoms. The van der Waals surface area contributed by atoms with Gasteiger partial charge in [-0.3, -0.25) is 4.79 Å². The van der Waals surface area contributed by atoms with Crippen LogP contribution in [0.1, 0.15) is 37.4 Å². The van der Waals surface area contributed by atoms with Gasteiger partial charge in [-0.2, -0.15) is 0 Å². The second kappa shape index (κ2) is 8.73. The number of ether oxygens (including phenoxy) is 1. The van der Waals surface area contributed by atoms with E-state index < -0.39 is 0 Å². The lowest BCUT2D eigenvalue weighted by atomic mass is 10.1. The van der Waals surface area contributed by atoms with Crippen LogP contribution in [0.4, 0.5) is 0 Å². The van der Waals surface area contributed by atoms with E-state index in [0.29, 0.717) is 42.7 Å². The number of morpholine rings is 1. The number of carbonyl (C=O) groups is 1. The van der Waals surface area contributed by atoms with Crippen LogP contribution in [0.15, 0.2) is 18.2 Å². The molecule has 0 unspecified atom stereocenters. The molecule has 1 aromatic carbocycles. The minimum absolute atomic E-state index is 0.142. The number of nitrogens with zero attached hydrogens (tertiary/aromatic N) is 1. The van der Waals surface area contributed by atoms with E-state index in [1.54, 1.807) is 6.07 Å². The predicted octanol–water partition coefficient (Wildman–Crippen LogP) is 3.41. The summed E-state index contributed by atoms with van der Waals surface area (Å²) in [5.74, 6) is 0.186. The molecule has 2 rings (SSSR count). The molecule has 0 bridgehead atoms. The fraction of sp³-hybridized carbons (Fsp3) is 0.562. The zero-order chi connectivity index (χ0) is 15.9. The Morgan fingerprint density at radius 1 is 1.27 bits per heavy atom. The van der Waals surface area contributed by atoms with Gasteiger partial charge in [0.15, 0.2) is 0 Å². The van der Waals surface area contributed by atoms with Gasteiger partial charge in [-0.05, 0) is 37.1 Å². The third-order valence-corrected chi connectivity index (χ3v) is 4.57. The molecule has 1 fully saturated rings. The van der Waals surface area contributed by atoms with Gasteiger partial charge in [0.1, 0.15) is 6.10 Å². The van der Waals surface area contributed by atoms with Crippen LogP contribution in [-0.4, -0.2) is 37.0 Å². The molecule has 0 spiro atoms. The standard InChI is InChI=1S/C16H22Cl2N2O2/c17-13-6-5-12(10-14(13)18)15-11-20(8-9-22-15)16(21)4-2-1-3-7-19/h5-6,10,15H,1-4,7-9,11,19H2/t15-/m1/s1. The van der Waals surface area contributed by atoms with Gasteiger partial charge < -0.3 is 15.4 Å². The van der Waals surface area contributed by atoms with Crippen molar-refractivity contribution in [1.29, 1.82) is 0 Å². The summed E-state index contributed by atoms with van der Waals surface area (Å²) in [5, 5.41) is 1.03. The van der Waals surface area contributed by atoms with Crippen molar-refractivity contribution < 1.29 is 9.53 Å². The van der Waals surface area contributed by atoms with Crippen molar-refractivity contribution in [1.82, 2.24) is 4.90 Å². The Morgan fingerprint density at radius 3 is 2.82 bits per heavy atom. The van der Waals surface area contributed by atoms with Gasteiger partial charge in [0.2, 0.25) is 5.91 Å². The number of unbranched alkanes of at least 4 members (excludes halogenated alkanes) is 2. The molecule has 1 aliphatic heterocycles. The maximum atomic E-state index is 12.3. The highest BCUT2D eigenvalue weighted by Gasteiger charge is 2.25. The molecule has 1 atom stereocenters. The molecule has 1 aromatic rings. The molecule has 0 aromatic heterocycles. The maximum absolute atomic E-state index is 12.3. The summed E-state index contributed by atoms with van der Waals surface area (Å²) < 4.78 is 5.77. The smallest absolute Gasteiger partial charge is 0.222 e. The number of amides is 1. The van der Waals surface area contributed by atoms with Crippen LogP contribution in [0, 0.1) is 0 Å². The first-order valence-electron chi connectivity index (χ1n) is 7.66. The van der Waals surface area contributed by atoms with E-state index in [2.05, 4.69) is 0 Å². The molecule has 0 saturated carbocycles. The lowest BCUT2D eigenvalue weighted by Gasteiger charge is -2.33. The van der Waals surface area contributed by atoms with Crippen molar-refractivity contribution in [2.75, 3.05) is 26.2 Å². The summed E-state index contributed by atoms with van der Waals surface area (Å²) in [6.45, 7) is 2.44. The molecule has 2 N–H and O–H groups in total. The van der Waals surface area contributed by atoms with Crippen molar-refractivity contribution in [3.05, 3.63) is 33.8 Å². The minimum Gasteiger partial charge on any atom is -0.370 e. The van der Waals surface area contributed by atoms with Crippen molar-refractivity contribution in [2.45, 2.75) is 31.8 Å². The summed E-state index contributed by atoms with van der Waals surface area (Å²) in [6.07, 6.45) is 3.31. The average Bonchev–Trinajstić information content (AvgIpc) is 2.54. The molecule has 6 heteroatoms. The van der Waals surface area contributed by atoms with E-state index in [9.17, 15) is 4.79 Å². The molecular formula is C16H22Cl2N2O2. The third kappa shape index (κ3) is 4.85. The highest BCUT2D eigenvalue weighted by atomic mass is 35.5. The maximum Gasteiger partial charge on any atom is 0.222 e. The number of benzene rings is 1. The lowest BCUT2D eigenvalue weighted by molar-refractivity contribution is -0.139. The molecule has 1 amide bonds. The van der Waals surface area contributed by atoms with Crippen LogP contribution in [0.3, 0.4) is 0 Å². The minimum atomic E-state index is -0.142. The van der Waals surface area contributed by atoms with Crippen LogP contribution in [0.2, 0.25) is 10.0 Å². The summed E-state index contributed by atoms with van der Waals surface area (Å²) in [7, 11) is 0. The normalized spacial score (nSPS) is 18.5. The number of halogens is 2. The van der Waals surface area contributed by atoms with Gasteiger partial charge in [-0.15, -0.1) is 0 Å². The van der Waals surface area contributed by atoms with Crippen molar-refractivity contribution >= 4 is 29.1 Å². The molecular weight excluding hydrogens is 323 g/mol. The third-order valence-electron chi connectivity index (χ3n) is 3.83. The topological polar surface area (TPSA) is 55.6 Å². The highest BCUT2D eigenvalue weighted by molar-refractivity contribution is 6.42. The summed E-state index contributed by atoms with van der Waals surface area (Å²) >= 11 is 12.0. The van der Waals surface area contributed by atoms with Crippen molar-refractivity contribution in [3.63, 3.8) is 0 Å². The van der Waals surface area contributed by atoms with E-state index in [4.69, 9.17) is 33.7 Å². The van der Waals surface area contributed by atoms with Crippen LogP contribution in [0.5, 0.6) is 0 Å². The van der Waals surface area contributed by atoms with Gasteiger partial charge in [-0.1, -0.05) is 35.7 Å². The summed E-state index contributed by atoms with van der Waals surface area (Å²) in [6, 6.07) is 5.47. The number of rotatable bonds is 6. The molecule has 1 aliphatic rings. The van der Waals surface area contributed by atoms with E-state index >= 15 is 0 Å². The number of hydrogen-bond donors (Lipinski definition) is 1. The fourth-order valence-corrected chi connectivity index (χ4v) is 2.85. The average molecular weight is 345 g/mol. The van der Waals surface area contributed by atoms with E-state index in [0.717, 1.165) is 24.8 Å². The highest BCUT2D eigenvalue weighted by Crippen LogP contribution is 2.29. The summed E-state index contributed by atoms with van der Waals surface area (Å²) in [5.41, 5.74) is 6.42. The van der Waals surface area contributed by atoms with E-state index in [1.807, 2.05) is 17.0 Å². The van der Waals surface area contributed by atoms with Crippen LogP contribution in [-0.2, 0) is 9.53 Å². The lowest BCUT2D eigenvalue weighted by Crippen LogP contribution is -2.42. The SMILES string of the molecule is NCCCCCC(=O)N1CCO[C@@H](c2ccc(Cl)c(Cl)c2)C1. The molecule has 0 aliphatic carbocycles. The Kier molecular flexibility index (Phi) is 6.96. The Morgan fingerprint density at radius 2 is 2.09 bits per heavy atom. The van der Waals surface area contributed by atoms with Gasteiger partial charge in [-0.25, -0.2) is 0 Å². The second-order valence-electron chi connectivity index (χ2n) is 5.47. The molecule has 0 radical (unpaired) electrons. The van der Waals surface area contributed by atoms with Gasteiger partial charge in [0.25, 0.3) is 0 Å². The van der Waals surface area contributed by atoms with Gasteiger partial charge in [0.05, 0.1) is 23.2 Å². The van der Waals surface area contributed by atoms with Crippen LogP contribution >= 0.6 is 23.2 Å². The zero-order valence-electron chi connectivity index (χ0n) is 12.6. The second-order valence-corrected chi connectivity index (χ2v) is 6.29. The first-order valence-corrected chi connectivity index (χ1v) is 8.42. The predicted molar refractivity (Wildman–Crippen MR) is 89.3 cm³/mol. The van der Waals surface area contributed by atoms with Gasteiger partial charge in [0, 0.05) is 13.0 Å².